The molecule has 152 valence electrons. The first-order valence-electron chi connectivity index (χ1n) is 9.86. The Labute approximate surface area is 173 Å². The van der Waals surface area contributed by atoms with Crippen molar-refractivity contribution in [1.82, 2.24) is 34.4 Å². The van der Waals surface area contributed by atoms with E-state index in [0.29, 0.717) is 25.5 Å². The van der Waals surface area contributed by atoms with E-state index in [0.717, 1.165) is 29.8 Å². The third-order valence-electron chi connectivity index (χ3n) is 5.60. The average molecular weight is 403 g/mol. The van der Waals surface area contributed by atoms with Crippen LogP contribution in [0, 0.1) is 17.2 Å². The number of carbonyl (C=O) groups is 1. The van der Waals surface area contributed by atoms with Crippen LogP contribution < -0.4 is 5.32 Å². The summed E-state index contributed by atoms with van der Waals surface area (Å²) in [4.78, 5) is 23.0. The van der Waals surface area contributed by atoms with E-state index < -0.39 is 5.54 Å². The molecular weight excluding hydrogens is 382 g/mol. The first-order valence-corrected chi connectivity index (χ1v) is 9.86. The molecule has 0 radical (unpaired) electrons. The normalized spacial score (nSPS) is 17.3. The molecule has 0 aromatic carbocycles. The highest BCUT2D eigenvalue weighted by atomic mass is 16.2. The van der Waals surface area contributed by atoms with Gasteiger partial charge in [-0.25, -0.2) is 9.97 Å². The predicted octanol–water partition coefficient (Wildman–Crippen LogP) is 1.68. The van der Waals surface area contributed by atoms with Gasteiger partial charge in [-0.3, -0.25) is 14.2 Å². The molecule has 3 aromatic rings. The maximum absolute atomic E-state index is 12.3. The predicted molar refractivity (Wildman–Crippen MR) is 107 cm³/mol. The van der Waals surface area contributed by atoms with Crippen molar-refractivity contribution < 1.29 is 4.79 Å². The Morgan fingerprint density at radius 2 is 2.13 bits per heavy atom. The number of carbonyl (C=O) groups excluding carboxylic acids is 1. The zero-order valence-corrected chi connectivity index (χ0v) is 16.6. The molecule has 4 heterocycles. The molecule has 0 spiro atoms. The van der Waals surface area contributed by atoms with Crippen LogP contribution in [0.3, 0.4) is 0 Å². The van der Waals surface area contributed by atoms with Crippen molar-refractivity contribution in [3.8, 4) is 17.3 Å². The van der Waals surface area contributed by atoms with Crippen LogP contribution in [0.1, 0.15) is 19.3 Å². The summed E-state index contributed by atoms with van der Waals surface area (Å²) in [7, 11) is 1.84. The van der Waals surface area contributed by atoms with Crippen LogP contribution in [-0.4, -0.2) is 53.4 Å². The lowest BCUT2D eigenvalue weighted by Gasteiger charge is -2.49. The zero-order chi connectivity index (χ0) is 20.7. The van der Waals surface area contributed by atoms with E-state index in [1.807, 2.05) is 35.1 Å². The Bertz CT molecular complexity index is 1130. The van der Waals surface area contributed by atoms with Gasteiger partial charge in [-0.1, -0.05) is 0 Å². The Morgan fingerprint density at radius 1 is 1.30 bits per heavy atom. The first kappa shape index (κ1) is 18.3. The Hall–Kier alpha value is -3.74. The van der Waals surface area contributed by atoms with E-state index in [1.165, 1.54) is 0 Å². The van der Waals surface area contributed by atoms with Crippen LogP contribution in [0.25, 0.3) is 11.3 Å². The van der Waals surface area contributed by atoms with E-state index in [4.69, 9.17) is 0 Å². The molecule has 2 fully saturated rings. The highest BCUT2D eigenvalue weighted by Crippen LogP contribution is 2.38. The monoisotopic (exact) mass is 403 g/mol. The van der Waals surface area contributed by atoms with Crippen molar-refractivity contribution in [2.75, 3.05) is 18.4 Å². The number of aryl methyl sites for hydroxylation is 1. The van der Waals surface area contributed by atoms with Crippen LogP contribution in [0.5, 0.6) is 0 Å². The number of nitriles is 1. The minimum Gasteiger partial charge on any atom is -0.337 e. The molecular formula is C20H21N9O. The molecule has 30 heavy (non-hydrogen) atoms. The maximum Gasteiger partial charge on any atom is 0.227 e. The molecule has 2 aliphatic rings. The van der Waals surface area contributed by atoms with Crippen LogP contribution >= 0.6 is 0 Å². The third-order valence-corrected chi connectivity index (χ3v) is 5.60. The molecule has 1 amide bonds. The van der Waals surface area contributed by atoms with Gasteiger partial charge >= 0.3 is 0 Å². The van der Waals surface area contributed by atoms with Gasteiger partial charge in [0.15, 0.2) is 0 Å². The molecule has 10 heteroatoms. The summed E-state index contributed by atoms with van der Waals surface area (Å²) >= 11 is 0. The summed E-state index contributed by atoms with van der Waals surface area (Å²) in [5.74, 6) is 0.854. The van der Waals surface area contributed by atoms with Gasteiger partial charge in [0.2, 0.25) is 11.9 Å². The number of anilines is 2. The van der Waals surface area contributed by atoms with Gasteiger partial charge in [0.05, 0.1) is 36.3 Å². The van der Waals surface area contributed by atoms with E-state index in [9.17, 15) is 10.1 Å². The van der Waals surface area contributed by atoms with Crippen molar-refractivity contribution in [3.05, 3.63) is 37.1 Å². The largest absolute Gasteiger partial charge is 0.337 e. The van der Waals surface area contributed by atoms with Crippen LogP contribution in [0.4, 0.5) is 11.6 Å². The number of hydrogen-bond donors (Lipinski definition) is 1. The molecule has 3 aromatic heterocycles. The Morgan fingerprint density at radius 3 is 2.83 bits per heavy atom. The van der Waals surface area contributed by atoms with Gasteiger partial charge in [-0.05, 0) is 18.9 Å². The van der Waals surface area contributed by atoms with E-state index >= 15 is 0 Å². The fraction of sp³-hybridized carbons (Fsp3) is 0.400. The molecule has 5 rings (SSSR count). The average Bonchev–Trinajstić information content (AvgIpc) is 3.30. The number of nitrogens with one attached hydrogen (secondary N) is 1. The van der Waals surface area contributed by atoms with E-state index in [1.54, 1.807) is 23.3 Å². The molecule has 1 aliphatic heterocycles. The van der Waals surface area contributed by atoms with Crippen molar-refractivity contribution in [1.29, 1.82) is 5.26 Å². The molecule has 0 bridgehead atoms. The highest BCUT2D eigenvalue weighted by molar-refractivity contribution is 5.82. The van der Waals surface area contributed by atoms with Crippen molar-refractivity contribution in [2.24, 2.45) is 13.0 Å². The van der Waals surface area contributed by atoms with E-state index in [2.05, 4.69) is 31.6 Å². The Kier molecular flexibility index (Phi) is 4.24. The molecule has 0 unspecified atom stereocenters. The summed E-state index contributed by atoms with van der Waals surface area (Å²) in [6.07, 6.45) is 11.1. The van der Waals surface area contributed by atoms with Gasteiger partial charge in [-0.2, -0.15) is 15.5 Å². The van der Waals surface area contributed by atoms with Gasteiger partial charge in [0.25, 0.3) is 0 Å². The summed E-state index contributed by atoms with van der Waals surface area (Å²) in [5, 5.41) is 21.1. The lowest BCUT2D eigenvalue weighted by atomic mass is 9.86. The van der Waals surface area contributed by atoms with Crippen molar-refractivity contribution >= 4 is 17.5 Å². The molecule has 1 N–H and O–H groups in total. The topological polar surface area (TPSA) is 118 Å². The number of aromatic nitrogens is 6. The smallest absolute Gasteiger partial charge is 0.227 e. The van der Waals surface area contributed by atoms with Gasteiger partial charge in [0, 0.05) is 50.2 Å². The van der Waals surface area contributed by atoms with Crippen LogP contribution in [0.15, 0.2) is 37.1 Å². The second-order valence-electron chi connectivity index (χ2n) is 7.99. The van der Waals surface area contributed by atoms with Crippen molar-refractivity contribution in [2.45, 2.75) is 24.8 Å². The Balaban J connectivity index is 1.35. The number of hydrogen-bond acceptors (Lipinski definition) is 7. The maximum atomic E-state index is 12.3. The molecule has 0 atom stereocenters. The number of rotatable bonds is 6. The number of nitrogens with zero attached hydrogens (tertiary/aromatic N) is 8. The van der Waals surface area contributed by atoms with Crippen molar-refractivity contribution in [3.63, 3.8) is 0 Å². The lowest BCUT2D eigenvalue weighted by Crippen LogP contribution is -2.64. The molecule has 10 nitrogen and oxygen atoms in total. The molecule has 1 saturated carbocycles. The van der Waals surface area contributed by atoms with Gasteiger partial charge < -0.3 is 10.2 Å². The molecule has 1 saturated heterocycles. The summed E-state index contributed by atoms with van der Waals surface area (Å²) in [6.45, 7) is 1.04. The van der Waals surface area contributed by atoms with Gasteiger partial charge in [-0.15, -0.1) is 0 Å². The summed E-state index contributed by atoms with van der Waals surface area (Å²) in [6, 6.07) is 4.07. The second-order valence-corrected chi connectivity index (χ2v) is 7.99. The fourth-order valence-electron chi connectivity index (χ4n) is 3.80. The van der Waals surface area contributed by atoms with Gasteiger partial charge in [0.1, 0.15) is 5.54 Å². The molecule has 1 aliphatic carbocycles. The summed E-state index contributed by atoms with van der Waals surface area (Å²) < 4.78 is 3.51. The number of likely N-dealkylation sites (tertiary alicyclic amines) is 1. The summed E-state index contributed by atoms with van der Waals surface area (Å²) in [5.41, 5.74) is 1.88. The zero-order valence-electron chi connectivity index (χ0n) is 16.6. The lowest BCUT2D eigenvalue weighted by molar-refractivity contribution is -0.144. The minimum atomic E-state index is -0.471. The third kappa shape index (κ3) is 3.28. The van der Waals surface area contributed by atoms with E-state index in [-0.39, 0.29) is 11.8 Å². The first-order chi connectivity index (χ1) is 14.6. The minimum absolute atomic E-state index is 0.185. The van der Waals surface area contributed by atoms with Crippen LogP contribution in [-0.2, 0) is 17.4 Å². The standard InChI is InChI=1S/C20H21N9O/c1-27-11-16(9-23-27)25-19-22-7-4-17(26-19)15-8-24-29(10-15)20(5-6-21)12-28(13-20)18(30)14-2-3-14/h4,7-11,14H,2-3,5,12-13H2,1H3,(H,22,25,26). The second kappa shape index (κ2) is 6.95. The highest BCUT2D eigenvalue weighted by Gasteiger charge is 2.50. The van der Waals surface area contributed by atoms with Crippen LogP contribution in [0.2, 0.25) is 0 Å². The fourth-order valence-corrected chi connectivity index (χ4v) is 3.80. The number of amides is 1. The quantitative estimate of drug-likeness (QED) is 0.665. The SMILES string of the molecule is Cn1cc(Nc2nccc(-c3cnn(C4(CC#N)CN(C(=O)C5CC5)C4)c3)n2)cn1.